The molecule has 0 radical (unpaired) electrons. The first-order chi connectivity index (χ1) is 19.8. The Balaban J connectivity index is 1.51. The van der Waals surface area contributed by atoms with Gasteiger partial charge in [0.25, 0.3) is 0 Å². The molecule has 2 atom stereocenters. The van der Waals surface area contributed by atoms with Crippen molar-refractivity contribution in [2.24, 2.45) is 5.41 Å². The number of carbonyl (C=O) groups excluding carboxylic acids is 1. The van der Waals surface area contributed by atoms with Crippen LogP contribution in [0, 0.1) is 17.0 Å². The van der Waals surface area contributed by atoms with Gasteiger partial charge in [-0.25, -0.2) is 18.4 Å². The molecule has 3 aromatic rings. The number of amides is 1. The van der Waals surface area contributed by atoms with Gasteiger partial charge in [-0.05, 0) is 52.8 Å². The lowest BCUT2D eigenvalue weighted by molar-refractivity contribution is -0.137. The normalized spacial score (nSPS) is 21.6. The quantitative estimate of drug-likeness (QED) is 0.397. The van der Waals surface area contributed by atoms with Gasteiger partial charge in [-0.2, -0.15) is 4.98 Å². The second kappa shape index (κ2) is 10.1. The van der Waals surface area contributed by atoms with E-state index in [-0.39, 0.29) is 40.6 Å². The number of nitrogens with zero attached hydrogens (tertiary/aromatic N) is 4. The fourth-order valence-corrected chi connectivity index (χ4v) is 6.28. The third-order valence-corrected chi connectivity index (χ3v) is 8.37. The van der Waals surface area contributed by atoms with Crippen LogP contribution in [0.25, 0.3) is 22.0 Å². The van der Waals surface area contributed by atoms with Gasteiger partial charge < -0.3 is 24.0 Å². The number of anilines is 1. The van der Waals surface area contributed by atoms with Gasteiger partial charge in [-0.1, -0.05) is 11.6 Å². The van der Waals surface area contributed by atoms with Crippen molar-refractivity contribution in [3.63, 3.8) is 0 Å². The van der Waals surface area contributed by atoms with Crippen LogP contribution in [0.1, 0.15) is 34.6 Å². The molecule has 224 valence electrons. The molecular formula is C30H33ClF2N4O5. The Hall–Kier alpha value is -3.44. The Bertz CT molecular complexity index is 1650. The zero-order chi connectivity index (χ0) is 30.1. The molecule has 4 heterocycles. The van der Waals surface area contributed by atoms with Gasteiger partial charge >= 0.3 is 11.8 Å². The summed E-state index contributed by atoms with van der Waals surface area (Å²) in [5.41, 5.74) is -0.845. The van der Waals surface area contributed by atoms with E-state index in [0.717, 1.165) is 12.1 Å². The van der Waals surface area contributed by atoms with Crippen LogP contribution in [0.4, 0.5) is 19.4 Å². The predicted molar refractivity (Wildman–Crippen MR) is 154 cm³/mol. The summed E-state index contributed by atoms with van der Waals surface area (Å²) in [5, 5.41) is 0.730. The number of ether oxygens (including phenoxy) is 3. The SMILES string of the molecule is C[C@@H]1CN(c2nc(=O)n3c4c(c(-c5ccc(F)cc5F)c(Cl)cc24)OCC2(COC2)C3)[C@@H](C)CN1C(=O)OC(C)(C)C. The topological polar surface area (TPSA) is 86.1 Å². The molecule has 9 nitrogen and oxygen atoms in total. The molecule has 0 bridgehead atoms. The van der Waals surface area contributed by atoms with Crippen molar-refractivity contribution in [1.82, 2.24) is 14.5 Å². The minimum Gasteiger partial charge on any atom is -0.490 e. The zero-order valence-corrected chi connectivity index (χ0v) is 24.9. The second-order valence-corrected chi connectivity index (χ2v) is 13.1. The maximum atomic E-state index is 15.1. The molecule has 42 heavy (non-hydrogen) atoms. The summed E-state index contributed by atoms with van der Waals surface area (Å²) >= 11 is 6.86. The van der Waals surface area contributed by atoms with E-state index in [1.807, 2.05) is 39.5 Å². The average molecular weight is 603 g/mol. The summed E-state index contributed by atoms with van der Waals surface area (Å²) in [6, 6.07) is 4.44. The molecular weight excluding hydrogens is 570 g/mol. The molecule has 12 heteroatoms. The van der Waals surface area contributed by atoms with E-state index in [9.17, 15) is 14.0 Å². The molecule has 1 spiro atoms. The van der Waals surface area contributed by atoms with Gasteiger partial charge in [0, 0.05) is 54.3 Å². The standard InChI is InChI=1S/C30H33ClF2N4O5/c1-16-11-36(28(39)42-29(3,4)5)17(2)10-35(16)26-20-9-21(31)23(19-7-6-18(32)8-22(19)33)25-24(20)37(27(38)34-26)12-30(15-41-25)13-40-14-30/h6-9,16-17H,10-15H2,1-5H3/t16-,17+/m0/s1. The third-order valence-electron chi connectivity index (χ3n) is 8.07. The van der Waals surface area contributed by atoms with E-state index in [2.05, 4.69) is 4.98 Å². The minimum atomic E-state index is -0.800. The summed E-state index contributed by atoms with van der Waals surface area (Å²) in [6.07, 6.45) is -0.404. The number of piperazine rings is 1. The molecule has 0 N–H and O–H groups in total. The van der Waals surface area contributed by atoms with E-state index >= 15 is 4.39 Å². The van der Waals surface area contributed by atoms with Crippen molar-refractivity contribution in [1.29, 1.82) is 0 Å². The van der Waals surface area contributed by atoms with Crippen LogP contribution in [-0.4, -0.2) is 71.1 Å². The number of hydrogen-bond donors (Lipinski definition) is 0. The molecule has 1 aromatic heterocycles. The first-order valence-electron chi connectivity index (χ1n) is 14.0. The van der Waals surface area contributed by atoms with Gasteiger partial charge in [0.2, 0.25) is 0 Å². The number of hydrogen-bond acceptors (Lipinski definition) is 7. The van der Waals surface area contributed by atoms with Crippen LogP contribution in [-0.2, 0) is 16.0 Å². The first-order valence-corrected chi connectivity index (χ1v) is 14.3. The monoisotopic (exact) mass is 602 g/mol. The van der Waals surface area contributed by atoms with Crippen LogP contribution < -0.4 is 15.3 Å². The molecule has 1 amide bonds. The zero-order valence-electron chi connectivity index (χ0n) is 24.2. The van der Waals surface area contributed by atoms with Crippen molar-refractivity contribution >= 4 is 34.4 Å². The lowest BCUT2D eigenvalue weighted by atomic mass is 9.87. The van der Waals surface area contributed by atoms with E-state index in [0.29, 0.717) is 49.6 Å². The van der Waals surface area contributed by atoms with Crippen molar-refractivity contribution < 1.29 is 27.8 Å². The van der Waals surface area contributed by atoms with E-state index < -0.39 is 34.4 Å². The number of carbonyl (C=O) groups is 1. The molecule has 2 aromatic carbocycles. The lowest BCUT2D eigenvalue weighted by Gasteiger charge is -2.45. The van der Waals surface area contributed by atoms with Gasteiger partial charge in [0.1, 0.15) is 29.7 Å². The number of rotatable bonds is 2. The number of benzene rings is 2. The highest BCUT2D eigenvalue weighted by molar-refractivity contribution is 6.35. The Kier molecular flexibility index (Phi) is 6.88. The smallest absolute Gasteiger partial charge is 0.410 e. The van der Waals surface area contributed by atoms with Crippen molar-refractivity contribution in [3.05, 3.63) is 51.4 Å². The highest BCUT2D eigenvalue weighted by atomic mass is 35.5. The largest absolute Gasteiger partial charge is 0.490 e. The predicted octanol–water partition coefficient (Wildman–Crippen LogP) is 5.24. The number of halogens is 3. The molecule has 6 rings (SSSR count). The third kappa shape index (κ3) is 4.86. The van der Waals surface area contributed by atoms with Crippen LogP contribution in [0.5, 0.6) is 5.75 Å². The van der Waals surface area contributed by atoms with E-state index in [1.165, 1.54) is 6.07 Å². The summed E-state index contributed by atoms with van der Waals surface area (Å²) in [5.74, 6) is -0.887. The maximum Gasteiger partial charge on any atom is 0.410 e. The highest BCUT2D eigenvalue weighted by Gasteiger charge is 2.44. The molecule has 2 saturated heterocycles. The lowest BCUT2D eigenvalue weighted by Crippen LogP contribution is -2.59. The molecule has 0 aliphatic carbocycles. The van der Waals surface area contributed by atoms with Gasteiger partial charge in [-0.15, -0.1) is 0 Å². The van der Waals surface area contributed by atoms with Crippen LogP contribution in [0.2, 0.25) is 5.02 Å². The Labute approximate surface area is 246 Å². The van der Waals surface area contributed by atoms with Crippen molar-refractivity contribution in [3.8, 4) is 16.9 Å². The van der Waals surface area contributed by atoms with Gasteiger partial charge in [0.05, 0.1) is 29.2 Å². The minimum absolute atomic E-state index is 0.0597. The summed E-state index contributed by atoms with van der Waals surface area (Å²) in [6.45, 7) is 11.4. The fourth-order valence-electron chi connectivity index (χ4n) is 5.98. The highest BCUT2D eigenvalue weighted by Crippen LogP contribution is 2.48. The summed E-state index contributed by atoms with van der Waals surface area (Å²) in [7, 11) is 0. The van der Waals surface area contributed by atoms with Crippen LogP contribution in [0.3, 0.4) is 0 Å². The van der Waals surface area contributed by atoms with Gasteiger partial charge in [0.15, 0.2) is 5.75 Å². The first kappa shape index (κ1) is 28.7. The summed E-state index contributed by atoms with van der Waals surface area (Å²) < 4.78 is 48.0. The molecule has 3 aliphatic heterocycles. The van der Waals surface area contributed by atoms with Crippen molar-refractivity contribution in [2.75, 3.05) is 37.8 Å². The van der Waals surface area contributed by atoms with E-state index in [1.54, 1.807) is 15.5 Å². The Morgan fingerprint density at radius 3 is 2.50 bits per heavy atom. The number of aromatic nitrogens is 2. The second-order valence-electron chi connectivity index (χ2n) is 12.7. The van der Waals surface area contributed by atoms with E-state index in [4.69, 9.17) is 25.8 Å². The summed E-state index contributed by atoms with van der Waals surface area (Å²) in [4.78, 5) is 34.9. The molecule has 3 aliphatic rings. The molecule has 0 unspecified atom stereocenters. The average Bonchev–Trinajstić information content (AvgIpc) is 3.06. The maximum absolute atomic E-state index is 15.1. The fraction of sp³-hybridized carbons (Fsp3) is 0.500. The van der Waals surface area contributed by atoms with Crippen LogP contribution in [0.15, 0.2) is 29.1 Å². The molecule has 2 fully saturated rings. The Morgan fingerprint density at radius 2 is 1.86 bits per heavy atom. The molecule has 0 saturated carbocycles. The van der Waals surface area contributed by atoms with Crippen LogP contribution >= 0.6 is 11.6 Å². The Morgan fingerprint density at radius 1 is 1.12 bits per heavy atom. The van der Waals surface area contributed by atoms with Gasteiger partial charge in [-0.3, -0.25) is 4.57 Å². The van der Waals surface area contributed by atoms with Crippen molar-refractivity contribution in [2.45, 2.75) is 58.8 Å².